The van der Waals surface area contributed by atoms with E-state index < -0.39 is 0 Å². The molecule has 0 aromatic heterocycles. The summed E-state index contributed by atoms with van der Waals surface area (Å²) in [6, 6.07) is 12.7. The van der Waals surface area contributed by atoms with Crippen LogP contribution in [0.3, 0.4) is 0 Å². The van der Waals surface area contributed by atoms with Crippen molar-refractivity contribution in [3.8, 4) is 5.75 Å². The zero-order valence-electron chi connectivity index (χ0n) is 12.5. The van der Waals surface area contributed by atoms with E-state index in [2.05, 4.69) is 0 Å². The van der Waals surface area contributed by atoms with Gasteiger partial charge in [0.05, 0.1) is 12.2 Å². The van der Waals surface area contributed by atoms with Crippen LogP contribution in [-0.2, 0) is 4.79 Å². The number of amides is 1. The summed E-state index contributed by atoms with van der Waals surface area (Å²) in [6.07, 6.45) is 3.16. The van der Waals surface area contributed by atoms with Crippen molar-refractivity contribution in [3.63, 3.8) is 0 Å². The van der Waals surface area contributed by atoms with E-state index in [0.29, 0.717) is 16.6 Å². The SMILES string of the molecule is CC1CN(C(=O)/C=C/c2ccc(Cl)cc2Cl)c2ccccc2O1. The molecule has 0 N–H and O–H groups in total. The fourth-order valence-electron chi connectivity index (χ4n) is 2.49. The zero-order chi connectivity index (χ0) is 16.4. The van der Waals surface area contributed by atoms with E-state index in [4.69, 9.17) is 27.9 Å². The van der Waals surface area contributed by atoms with Crippen LogP contribution in [0.1, 0.15) is 12.5 Å². The molecule has 0 saturated carbocycles. The van der Waals surface area contributed by atoms with Gasteiger partial charge in [0.2, 0.25) is 0 Å². The normalized spacial score (nSPS) is 17.0. The van der Waals surface area contributed by atoms with Gasteiger partial charge in [-0.25, -0.2) is 0 Å². The summed E-state index contributed by atoms with van der Waals surface area (Å²) in [5.74, 6) is 0.608. The average molecular weight is 348 g/mol. The van der Waals surface area contributed by atoms with Gasteiger partial charge in [0.1, 0.15) is 11.9 Å². The molecular formula is C18H15Cl2NO2. The first-order valence-corrected chi connectivity index (χ1v) is 8.00. The Labute approximate surface area is 145 Å². The highest BCUT2D eigenvalue weighted by atomic mass is 35.5. The lowest BCUT2D eigenvalue weighted by Crippen LogP contribution is -2.41. The number of carbonyl (C=O) groups excluding carboxylic acids is 1. The molecule has 1 atom stereocenters. The maximum absolute atomic E-state index is 12.6. The van der Waals surface area contributed by atoms with Gasteiger partial charge in [-0.3, -0.25) is 4.79 Å². The van der Waals surface area contributed by atoms with Gasteiger partial charge in [-0.15, -0.1) is 0 Å². The number of para-hydroxylation sites is 2. The van der Waals surface area contributed by atoms with Gasteiger partial charge in [0, 0.05) is 16.1 Å². The lowest BCUT2D eigenvalue weighted by Gasteiger charge is -2.32. The van der Waals surface area contributed by atoms with Gasteiger partial charge < -0.3 is 9.64 Å². The van der Waals surface area contributed by atoms with Crippen LogP contribution in [0.25, 0.3) is 6.08 Å². The van der Waals surface area contributed by atoms with Crippen molar-refractivity contribution in [2.75, 3.05) is 11.4 Å². The van der Waals surface area contributed by atoms with E-state index in [9.17, 15) is 4.79 Å². The minimum atomic E-state index is -0.112. The number of rotatable bonds is 2. The van der Waals surface area contributed by atoms with E-state index in [1.807, 2.05) is 31.2 Å². The highest BCUT2D eigenvalue weighted by molar-refractivity contribution is 6.35. The fourth-order valence-corrected chi connectivity index (χ4v) is 2.96. The molecule has 1 amide bonds. The van der Waals surface area contributed by atoms with E-state index in [-0.39, 0.29) is 12.0 Å². The maximum Gasteiger partial charge on any atom is 0.251 e. The molecule has 1 unspecified atom stereocenters. The molecule has 2 aromatic carbocycles. The van der Waals surface area contributed by atoms with Crippen molar-refractivity contribution in [3.05, 3.63) is 64.1 Å². The standard InChI is InChI=1S/C18H15Cl2NO2/c1-12-11-21(16-4-2-3-5-17(16)23-12)18(22)9-7-13-6-8-14(19)10-15(13)20/h2-10,12H,11H2,1H3/b9-7+. The molecule has 0 bridgehead atoms. The topological polar surface area (TPSA) is 29.5 Å². The monoisotopic (exact) mass is 347 g/mol. The Balaban J connectivity index is 1.85. The molecule has 1 aliphatic rings. The molecular weight excluding hydrogens is 333 g/mol. The number of halogens is 2. The Morgan fingerprint density at radius 2 is 2.04 bits per heavy atom. The molecule has 23 heavy (non-hydrogen) atoms. The quantitative estimate of drug-likeness (QED) is 0.728. The lowest BCUT2D eigenvalue weighted by atomic mass is 10.1. The van der Waals surface area contributed by atoms with Crippen molar-refractivity contribution in [1.82, 2.24) is 0 Å². The van der Waals surface area contributed by atoms with E-state index in [1.54, 1.807) is 29.2 Å². The van der Waals surface area contributed by atoms with Crippen LogP contribution >= 0.6 is 23.2 Å². The third-order valence-electron chi connectivity index (χ3n) is 3.56. The summed E-state index contributed by atoms with van der Waals surface area (Å²) >= 11 is 12.0. The van der Waals surface area contributed by atoms with Gasteiger partial charge in [-0.2, -0.15) is 0 Å². The summed E-state index contributed by atoms with van der Waals surface area (Å²) < 4.78 is 5.75. The molecule has 3 nitrogen and oxygen atoms in total. The van der Waals surface area contributed by atoms with E-state index in [1.165, 1.54) is 6.08 Å². The van der Waals surface area contributed by atoms with Gasteiger partial charge in [0.25, 0.3) is 5.91 Å². The zero-order valence-corrected chi connectivity index (χ0v) is 14.0. The van der Waals surface area contributed by atoms with E-state index in [0.717, 1.165) is 17.0 Å². The van der Waals surface area contributed by atoms with Crippen LogP contribution in [0.4, 0.5) is 5.69 Å². The molecule has 0 saturated heterocycles. The number of fused-ring (bicyclic) bond motifs is 1. The second-order valence-electron chi connectivity index (χ2n) is 5.34. The Bertz CT molecular complexity index is 773. The molecule has 5 heteroatoms. The lowest BCUT2D eigenvalue weighted by molar-refractivity contribution is -0.114. The number of benzene rings is 2. The predicted molar refractivity (Wildman–Crippen MR) is 94.4 cm³/mol. The van der Waals surface area contributed by atoms with Gasteiger partial charge in [-0.05, 0) is 42.8 Å². The van der Waals surface area contributed by atoms with Crippen LogP contribution in [0.5, 0.6) is 5.75 Å². The summed E-state index contributed by atoms with van der Waals surface area (Å²) in [7, 11) is 0. The number of carbonyl (C=O) groups is 1. The first-order valence-electron chi connectivity index (χ1n) is 7.25. The molecule has 1 aliphatic heterocycles. The second kappa shape index (κ2) is 6.65. The first-order chi connectivity index (χ1) is 11.0. The summed E-state index contributed by atoms with van der Waals surface area (Å²) in [6.45, 7) is 2.45. The molecule has 0 fully saturated rings. The number of hydrogen-bond acceptors (Lipinski definition) is 2. The number of ether oxygens (including phenoxy) is 1. The average Bonchev–Trinajstić information content (AvgIpc) is 2.53. The molecule has 0 radical (unpaired) electrons. The number of anilines is 1. The van der Waals surface area contributed by atoms with Crippen molar-refractivity contribution in [2.45, 2.75) is 13.0 Å². The van der Waals surface area contributed by atoms with Crippen molar-refractivity contribution in [1.29, 1.82) is 0 Å². The Hall–Kier alpha value is -1.97. The van der Waals surface area contributed by atoms with Gasteiger partial charge in [0.15, 0.2) is 0 Å². The Kier molecular flexibility index (Phi) is 4.60. The van der Waals surface area contributed by atoms with Crippen molar-refractivity contribution >= 4 is 40.9 Å². The Morgan fingerprint density at radius 1 is 1.26 bits per heavy atom. The predicted octanol–water partition coefficient (Wildman–Crippen LogP) is 4.82. The van der Waals surface area contributed by atoms with Crippen LogP contribution < -0.4 is 9.64 Å². The van der Waals surface area contributed by atoms with Crippen molar-refractivity contribution < 1.29 is 9.53 Å². The molecule has 3 rings (SSSR count). The molecule has 0 aliphatic carbocycles. The smallest absolute Gasteiger partial charge is 0.251 e. The number of nitrogens with zero attached hydrogens (tertiary/aromatic N) is 1. The summed E-state index contributed by atoms with van der Waals surface area (Å²) in [4.78, 5) is 14.3. The van der Waals surface area contributed by atoms with Crippen LogP contribution in [0.2, 0.25) is 10.0 Å². The molecule has 0 spiro atoms. The Morgan fingerprint density at radius 3 is 2.83 bits per heavy atom. The third-order valence-corrected chi connectivity index (χ3v) is 4.12. The van der Waals surface area contributed by atoms with Crippen LogP contribution in [0, 0.1) is 0 Å². The summed E-state index contributed by atoms with van der Waals surface area (Å²) in [5, 5.41) is 1.08. The van der Waals surface area contributed by atoms with Gasteiger partial charge in [-0.1, -0.05) is 41.4 Å². The van der Waals surface area contributed by atoms with E-state index >= 15 is 0 Å². The van der Waals surface area contributed by atoms with Crippen molar-refractivity contribution in [2.24, 2.45) is 0 Å². The first kappa shape index (κ1) is 15.9. The molecule has 2 aromatic rings. The van der Waals surface area contributed by atoms with Crippen LogP contribution in [0.15, 0.2) is 48.5 Å². The largest absolute Gasteiger partial charge is 0.487 e. The van der Waals surface area contributed by atoms with Gasteiger partial charge >= 0.3 is 0 Å². The number of hydrogen-bond donors (Lipinski definition) is 0. The highest BCUT2D eigenvalue weighted by Gasteiger charge is 2.25. The second-order valence-corrected chi connectivity index (χ2v) is 6.19. The highest BCUT2D eigenvalue weighted by Crippen LogP contribution is 2.33. The molecule has 1 heterocycles. The minimum absolute atomic E-state index is 0.0543. The summed E-state index contributed by atoms with van der Waals surface area (Å²) in [5.41, 5.74) is 1.53. The fraction of sp³-hybridized carbons (Fsp3) is 0.167. The molecule has 118 valence electrons. The van der Waals surface area contributed by atoms with Crippen LogP contribution in [-0.4, -0.2) is 18.6 Å². The maximum atomic E-state index is 12.6. The third kappa shape index (κ3) is 3.52. The minimum Gasteiger partial charge on any atom is -0.487 e.